The topological polar surface area (TPSA) is 48.1 Å². The highest BCUT2D eigenvalue weighted by Gasteiger charge is 2.02. The lowest BCUT2D eigenvalue weighted by molar-refractivity contribution is 0.314. The summed E-state index contributed by atoms with van der Waals surface area (Å²) in [4.78, 5) is 4.33. The predicted octanol–water partition coefficient (Wildman–Crippen LogP) is 3.83. The zero-order valence-corrected chi connectivity index (χ0v) is 11.8. The predicted molar refractivity (Wildman–Crippen MR) is 86.4 cm³/mol. The van der Waals surface area contributed by atoms with E-state index < -0.39 is 0 Å². The van der Waals surface area contributed by atoms with Crippen LogP contribution in [0.4, 0.5) is 5.69 Å². The first-order valence-electron chi connectivity index (χ1n) is 7.14. The van der Waals surface area contributed by atoms with E-state index in [-0.39, 0.29) is 0 Å². The second kappa shape index (κ2) is 6.27. The van der Waals surface area contributed by atoms with Gasteiger partial charge in [-0.05, 0) is 54.8 Å². The number of pyridine rings is 1. The molecule has 0 saturated carbocycles. The van der Waals surface area contributed by atoms with Crippen molar-refractivity contribution >= 4 is 16.6 Å². The van der Waals surface area contributed by atoms with Crippen LogP contribution < -0.4 is 10.5 Å². The van der Waals surface area contributed by atoms with Crippen LogP contribution in [0.5, 0.6) is 5.75 Å². The lowest BCUT2D eigenvalue weighted by Gasteiger charge is -2.09. The lowest BCUT2D eigenvalue weighted by atomic mass is 10.1. The van der Waals surface area contributed by atoms with Crippen LogP contribution in [0.3, 0.4) is 0 Å². The van der Waals surface area contributed by atoms with Crippen molar-refractivity contribution in [3.8, 4) is 5.75 Å². The molecular weight excluding hydrogens is 260 g/mol. The lowest BCUT2D eigenvalue weighted by Crippen LogP contribution is -2.00. The zero-order chi connectivity index (χ0) is 14.5. The molecule has 3 nitrogen and oxygen atoms in total. The number of ether oxygens (including phenoxy) is 1. The summed E-state index contributed by atoms with van der Waals surface area (Å²) >= 11 is 0. The van der Waals surface area contributed by atoms with E-state index in [0.717, 1.165) is 35.2 Å². The molecule has 3 rings (SSSR count). The van der Waals surface area contributed by atoms with Gasteiger partial charge in [-0.15, -0.1) is 0 Å². The van der Waals surface area contributed by atoms with Crippen molar-refractivity contribution < 1.29 is 4.74 Å². The highest BCUT2D eigenvalue weighted by atomic mass is 16.5. The summed E-state index contributed by atoms with van der Waals surface area (Å²) in [7, 11) is 0. The van der Waals surface area contributed by atoms with Crippen LogP contribution in [0.15, 0.2) is 60.8 Å². The zero-order valence-electron chi connectivity index (χ0n) is 11.8. The molecule has 0 spiro atoms. The number of fused-ring (bicyclic) bond motifs is 1. The second-order valence-corrected chi connectivity index (χ2v) is 5.02. The first kappa shape index (κ1) is 13.4. The Morgan fingerprint density at radius 3 is 2.67 bits per heavy atom. The molecule has 0 aliphatic carbocycles. The highest BCUT2D eigenvalue weighted by Crippen LogP contribution is 2.23. The summed E-state index contributed by atoms with van der Waals surface area (Å²) in [6.07, 6.45) is 3.76. The third kappa shape index (κ3) is 3.31. The number of benzene rings is 2. The standard InChI is InChI=1S/C18H18N2O/c19-15-10-8-14(9-11-15)4-3-13-21-18-7-1-6-17-16(18)5-2-12-20-17/h1-2,5-12H,3-4,13,19H2. The molecule has 1 aromatic heterocycles. The summed E-state index contributed by atoms with van der Waals surface area (Å²) < 4.78 is 5.90. The largest absolute Gasteiger partial charge is 0.493 e. The van der Waals surface area contributed by atoms with Gasteiger partial charge in [0.25, 0.3) is 0 Å². The van der Waals surface area contributed by atoms with E-state index in [1.165, 1.54) is 5.56 Å². The fourth-order valence-electron chi connectivity index (χ4n) is 2.34. The molecule has 3 heteroatoms. The fourth-order valence-corrected chi connectivity index (χ4v) is 2.34. The molecule has 0 atom stereocenters. The molecule has 21 heavy (non-hydrogen) atoms. The van der Waals surface area contributed by atoms with E-state index in [0.29, 0.717) is 6.61 Å². The van der Waals surface area contributed by atoms with Gasteiger partial charge >= 0.3 is 0 Å². The van der Waals surface area contributed by atoms with E-state index in [4.69, 9.17) is 10.5 Å². The molecule has 0 saturated heterocycles. The summed E-state index contributed by atoms with van der Waals surface area (Å²) in [6, 6.07) is 17.9. The number of nitrogen functional groups attached to an aromatic ring is 1. The maximum atomic E-state index is 5.90. The van der Waals surface area contributed by atoms with Crippen LogP contribution in [0.1, 0.15) is 12.0 Å². The van der Waals surface area contributed by atoms with Gasteiger partial charge in [-0.1, -0.05) is 18.2 Å². The number of hydrogen-bond acceptors (Lipinski definition) is 3. The summed E-state index contributed by atoms with van der Waals surface area (Å²) in [5.41, 5.74) is 8.73. The highest BCUT2D eigenvalue weighted by molar-refractivity contribution is 5.84. The Labute approximate surface area is 124 Å². The van der Waals surface area contributed by atoms with Crippen LogP contribution in [-0.2, 0) is 6.42 Å². The van der Waals surface area contributed by atoms with Crippen LogP contribution in [0.2, 0.25) is 0 Å². The number of aromatic nitrogens is 1. The van der Waals surface area contributed by atoms with Gasteiger partial charge in [0.2, 0.25) is 0 Å². The number of aryl methyl sites for hydroxylation is 1. The number of hydrogen-bond donors (Lipinski definition) is 1. The van der Waals surface area contributed by atoms with Gasteiger partial charge in [0.05, 0.1) is 12.1 Å². The second-order valence-electron chi connectivity index (χ2n) is 5.02. The van der Waals surface area contributed by atoms with Gasteiger partial charge in [-0.2, -0.15) is 0 Å². The molecule has 0 amide bonds. The van der Waals surface area contributed by atoms with E-state index in [1.807, 2.05) is 42.5 Å². The van der Waals surface area contributed by atoms with Crippen molar-refractivity contribution in [3.63, 3.8) is 0 Å². The Kier molecular flexibility index (Phi) is 4.01. The van der Waals surface area contributed by atoms with Crippen LogP contribution in [0, 0.1) is 0 Å². The molecule has 0 aliphatic heterocycles. The molecule has 3 aromatic rings. The molecule has 0 aliphatic rings. The van der Waals surface area contributed by atoms with Crippen molar-refractivity contribution in [1.82, 2.24) is 4.98 Å². The van der Waals surface area contributed by atoms with Gasteiger partial charge in [-0.3, -0.25) is 4.98 Å². The summed E-state index contributed by atoms with van der Waals surface area (Å²) in [6.45, 7) is 0.693. The van der Waals surface area contributed by atoms with Crippen molar-refractivity contribution in [2.75, 3.05) is 12.3 Å². The average Bonchev–Trinajstić information content (AvgIpc) is 2.53. The molecule has 106 valence electrons. The van der Waals surface area contributed by atoms with E-state index >= 15 is 0 Å². The number of nitrogens with zero attached hydrogens (tertiary/aromatic N) is 1. The third-order valence-corrected chi connectivity index (χ3v) is 3.45. The minimum absolute atomic E-state index is 0.693. The fraction of sp³-hybridized carbons (Fsp3) is 0.167. The third-order valence-electron chi connectivity index (χ3n) is 3.45. The Morgan fingerprint density at radius 2 is 1.81 bits per heavy atom. The quantitative estimate of drug-likeness (QED) is 0.570. The molecule has 1 heterocycles. The van der Waals surface area contributed by atoms with Gasteiger partial charge in [0.15, 0.2) is 0 Å². The molecule has 2 aromatic carbocycles. The SMILES string of the molecule is Nc1ccc(CCCOc2cccc3ncccc23)cc1. The maximum Gasteiger partial charge on any atom is 0.128 e. The first-order chi connectivity index (χ1) is 10.3. The van der Waals surface area contributed by atoms with Gasteiger partial charge in [0, 0.05) is 17.3 Å². The maximum absolute atomic E-state index is 5.90. The molecular formula is C18H18N2O. The van der Waals surface area contributed by atoms with Crippen molar-refractivity contribution in [2.45, 2.75) is 12.8 Å². The Morgan fingerprint density at radius 1 is 0.952 bits per heavy atom. The molecule has 0 unspecified atom stereocenters. The van der Waals surface area contributed by atoms with Gasteiger partial charge in [0.1, 0.15) is 5.75 Å². The minimum Gasteiger partial charge on any atom is -0.493 e. The van der Waals surface area contributed by atoms with E-state index in [9.17, 15) is 0 Å². The summed E-state index contributed by atoms with van der Waals surface area (Å²) in [5.74, 6) is 0.901. The molecule has 2 N–H and O–H groups in total. The Bertz CT molecular complexity index is 717. The number of nitrogens with two attached hydrogens (primary N) is 1. The van der Waals surface area contributed by atoms with E-state index in [1.54, 1.807) is 6.20 Å². The molecule has 0 fully saturated rings. The number of anilines is 1. The Hall–Kier alpha value is -2.55. The Balaban J connectivity index is 1.58. The van der Waals surface area contributed by atoms with Crippen molar-refractivity contribution in [2.24, 2.45) is 0 Å². The van der Waals surface area contributed by atoms with Gasteiger partial charge < -0.3 is 10.5 Å². The van der Waals surface area contributed by atoms with Crippen LogP contribution in [-0.4, -0.2) is 11.6 Å². The van der Waals surface area contributed by atoms with Crippen molar-refractivity contribution in [1.29, 1.82) is 0 Å². The van der Waals surface area contributed by atoms with Gasteiger partial charge in [-0.25, -0.2) is 0 Å². The monoisotopic (exact) mass is 278 g/mol. The normalized spacial score (nSPS) is 10.7. The van der Waals surface area contributed by atoms with Crippen LogP contribution in [0.25, 0.3) is 10.9 Å². The smallest absolute Gasteiger partial charge is 0.128 e. The molecule has 0 radical (unpaired) electrons. The minimum atomic E-state index is 0.693. The average molecular weight is 278 g/mol. The summed E-state index contributed by atoms with van der Waals surface area (Å²) in [5, 5.41) is 1.06. The van der Waals surface area contributed by atoms with Crippen LogP contribution >= 0.6 is 0 Å². The van der Waals surface area contributed by atoms with Crippen molar-refractivity contribution in [3.05, 3.63) is 66.4 Å². The first-order valence-corrected chi connectivity index (χ1v) is 7.14. The molecule has 0 bridgehead atoms. The number of rotatable bonds is 5. The van der Waals surface area contributed by atoms with E-state index in [2.05, 4.69) is 17.1 Å².